The Morgan fingerprint density at radius 1 is 0.947 bits per heavy atom. The highest BCUT2D eigenvalue weighted by molar-refractivity contribution is 4.78. The maximum Gasteiger partial charge on any atom is 0.112 e. The van der Waals surface area contributed by atoms with E-state index >= 15 is 0 Å². The number of nitrogens with zero attached hydrogens (tertiary/aromatic N) is 1. The molecule has 19 heavy (non-hydrogen) atoms. The van der Waals surface area contributed by atoms with Crippen LogP contribution in [0.5, 0.6) is 0 Å². The fourth-order valence-corrected chi connectivity index (χ4v) is 2.99. The SMILES string of the molecule is CCCC(CCC)CN(C)CCC(F)(CC)CCC. The summed E-state index contributed by atoms with van der Waals surface area (Å²) in [7, 11) is 2.15. The molecule has 2 heteroatoms. The van der Waals surface area contributed by atoms with E-state index in [1.54, 1.807) is 0 Å². The molecule has 0 saturated heterocycles. The van der Waals surface area contributed by atoms with Crippen molar-refractivity contribution in [1.29, 1.82) is 0 Å². The van der Waals surface area contributed by atoms with Gasteiger partial charge < -0.3 is 4.90 Å². The van der Waals surface area contributed by atoms with Crippen LogP contribution in [-0.4, -0.2) is 30.7 Å². The molecule has 0 aromatic heterocycles. The molecule has 1 unspecified atom stereocenters. The molecule has 0 heterocycles. The molecule has 0 rings (SSSR count). The van der Waals surface area contributed by atoms with Crippen LogP contribution in [-0.2, 0) is 0 Å². The fourth-order valence-electron chi connectivity index (χ4n) is 2.99. The number of hydrogen-bond donors (Lipinski definition) is 0. The standard InChI is InChI=1S/C17H36FN/c1-6-10-16(11-7-2)15-19(5)14-13-17(18,9-4)12-8-3/h16H,6-15H2,1-5H3. The molecule has 0 aromatic rings. The van der Waals surface area contributed by atoms with Crippen LogP contribution >= 0.6 is 0 Å². The van der Waals surface area contributed by atoms with Crippen molar-refractivity contribution in [3.05, 3.63) is 0 Å². The van der Waals surface area contributed by atoms with E-state index in [1.165, 1.54) is 25.7 Å². The summed E-state index contributed by atoms with van der Waals surface area (Å²) in [6.07, 6.45) is 8.14. The largest absolute Gasteiger partial charge is 0.306 e. The monoisotopic (exact) mass is 273 g/mol. The summed E-state index contributed by atoms with van der Waals surface area (Å²) in [6.45, 7) is 10.6. The number of halogens is 1. The zero-order valence-corrected chi connectivity index (χ0v) is 14.0. The highest BCUT2D eigenvalue weighted by Gasteiger charge is 2.26. The molecule has 0 spiro atoms. The Bertz CT molecular complexity index is 201. The van der Waals surface area contributed by atoms with Gasteiger partial charge in [0, 0.05) is 13.1 Å². The first-order valence-electron chi connectivity index (χ1n) is 8.38. The highest BCUT2D eigenvalue weighted by atomic mass is 19.1. The maximum absolute atomic E-state index is 14.5. The summed E-state index contributed by atoms with van der Waals surface area (Å²) in [5.74, 6) is 0.793. The predicted octanol–water partition coefficient (Wildman–Crippen LogP) is 5.44. The third-order valence-electron chi connectivity index (χ3n) is 4.24. The highest BCUT2D eigenvalue weighted by Crippen LogP contribution is 2.27. The van der Waals surface area contributed by atoms with Crippen LogP contribution in [0.4, 0.5) is 4.39 Å². The average molecular weight is 273 g/mol. The molecular formula is C17H36FN. The normalized spacial score (nSPS) is 15.2. The zero-order chi connectivity index (χ0) is 14.7. The van der Waals surface area contributed by atoms with E-state index < -0.39 is 5.67 Å². The first-order chi connectivity index (χ1) is 9.01. The van der Waals surface area contributed by atoms with Crippen LogP contribution in [0.3, 0.4) is 0 Å². The van der Waals surface area contributed by atoms with Crippen LogP contribution < -0.4 is 0 Å². The van der Waals surface area contributed by atoms with Crippen LogP contribution in [0.25, 0.3) is 0 Å². The minimum absolute atomic E-state index is 0.655. The van der Waals surface area contributed by atoms with E-state index in [4.69, 9.17) is 0 Å². The predicted molar refractivity (Wildman–Crippen MR) is 84.5 cm³/mol. The molecule has 0 amide bonds. The van der Waals surface area contributed by atoms with Crippen LogP contribution in [0, 0.1) is 5.92 Å². The molecule has 116 valence electrons. The third-order valence-corrected chi connectivity index (χ3v) is 4.24. The van der Waals surface area contributed by atoms with Gasteiger partial charge in [0.25, 0.3) is 0 Å². The van der Waals surface area contributed by atoms with Crippen molar-refractivity contribution in [3.8, 4) is 0 Å². The first-order valence-corrected chi connectivity index (χ1v) is 8.38. The van der Waals surface area contributed by atoms with Gasteiger partial charge in [-0.15, -0.1) is 0 Å². The minimum Gasteiger partial charge on any atom is -0.306 e. The second-order valence-electron chi connectivity index (χ2n) is 6.21. The van der Waals surface area contributed by atoms with E-state index in [0.29, 0.717) is 19.3 Å². The molecule has 0 saturated carbocycles. The van der Waals surface area contributed by atoms with E-state index in [0.717, 1.165) is 25.4 Å². The third kappa shape index (κ3) is 8.62. The molecule has 1 atom stereocenters. The van der Waals surface area contributed by atoms with Gasteiger partial charge in [0.15, 0.2) is 0 Å². The molecule has 0 fully saturated rings. The summed E-state index contributed by atoms with van der Waals surface area (Å²) in [5, 5.41) is 0. The summed E-state index contributed by atoms with van der Waals surface area (Å²) in [6, 6.07) is 0. The second-order valence-corrected chi connectivity index (χ2v) is 6.21. The summed E-state index contributed by atoms with van der Waals surface area (Å²) in [4.78, 5) is 2.34. The number of alkyl halides is 1. The van der Waals surface area contributed by atoms with E-state index in [1.807, 2.05) is 6.92 Å². The Morgan fingerprint density at radius 3 is 1.95 bits per heavy atom. The summed E-state index contributed by atoms with van der Waals surface area (Å²) in [5.41, 5.74) is -0.936. The molecule has 0 N–H and O–H groups in total. The quantitative estimate of drug-likeness (QED) is 0.457. The van der Waals surface area contributed by atoms with Crippen LogP contribution in [0.2, 0.25) is 0 Å². The second kappa shape index (κ2) is 10.7. The molecule has 0 aliphatic carbocycles. The molecule has 0 bridgehead atoms. The van der Waals surface area contributed by atoms with Crippen molar-refractivity contribution >= 4 is 0 Å². The lowest BCUT2D eigenvalue weighted by Gasteiger charge is -2.28. The van der Waals surface area contributed by atoms with E-state index in [9.17, 15) is 4.39 Å². The van der Waals surface area contributed by atoms with Crippen molar-refractivity contribution in [2.75, 3.05) is 20.1 Å². The Kier molecular flexibility index (Phi) is 10.6. The smallest absolute Gasteiger partial charge is 0.112 e. The minimum atomic E-state index is -0.936. The molecular weight excluding hydrogens is 237 g/mol. The van der Waals surface area contributed by atoms with Gasteiger partial charge in [0.05, 0.1) is 0 Å². The van der Waals surface area contributed by atoms with Crippen LogP contribution in [0.15, 0.2) is 0 Å². The van der Waals surface area contributed by atoms with Crippen molar-refractivity contribution in [2.24, 2.45) is 5.92 Å². The lowest BCUT2D eigenvalue weighted by Crippen LogP contribution is -2.32. The fraction of sp³-hybridized carbons (Fsp3) is 1.00. The number of hydrogen-bond acceptors (Lipinski definition) is 1. The van der Waals surface area contributed by atoms with Crippen LogP contribution in [0.1, 0.15) is 79.1 Å². The van der Waals surface area contributed by atoms with Crippen molar-refractivity contribution in [1.82, 2.24) is 4.90 Å². The average Bonchev–Trinajstić information content (AvgIpc) is 2.37. The van der Waals surface area contributed by atoms with Gasteiger partial charge in [-0.25, -0.2) is 4.39 Å². The molecule has 0 aliphatic heterocycles. The van der Waals surface area contributed by atoms with Crippen molar-refractivity contribution in [3.63, 3.8) is 0 Å². The van der Waals surface area contributed by atoms with E-state index in [2.05, 4.69) is 32.7 Å². The summed E-state index contributed by atoms with van der Waals surface area (Å²) >= 11 is 0. The van der Waals surface area contributed by atoms with Gasteiger partial charge in [0.2, 0.25) is 0 Å². The number of rotatable bonds is 12. The molecule has 0 aliphatic rings. The maximum atomic E-state index is 14.5. The Labute approximate surface area is 121 Å². The summed E-state index contributed by atoms with van der Waals surface area (Å²) < 4.78 is 14.5. The Hall–Kier alpha value is -0.110. The molecule has 1 nitrogen and oxygen atoms in total. The first kappa shape index (κ1) is 18.9. The van der Waals surface area contributed by atoms with Gasteiger partial charge in [0.1, 0.15) is 5.67 Å². The lowest BCUT2D eigenvalue weighted by atomic mass is 9.92. The molecule has 0 radical (unpaired) electrons. The Morgan fingerprint density at radius 2 is 1.53 bits per heavy atom. The van der Waals surface area contributed by atoms with Gasteiger partial charge in [-0.3, -0.25) is 0 Å². The molecule has 0 aromatic carbocycles. The lowest BCUT2D eigenvalue weighted by molar-refractivity contribution is 0.108. The van der Waals surface area contributed by atoms with Gasteiger partial charge in [-0.2, -0.15) is 0 Å². The topological polar surface area (TPSA) is 3.24 Å². The van der Waals surface area contributed by atoms with Crippen molar-refractivity contribution in [2.45, 2.75) is 84.7 Å². The van der Waals surface area contributed by atoms with Crippen molar-refractivity contribution < 1.29 is 4.39 Å². The van der Waals surface area contributed by atoms with Gasteiger partial charge >= 0.3 is 0 Å². The zero-order valence-electron chi connectivity index (χ0n) is 14.0. The van der Waals surface area contributed by atoms with E-state index in [-0.39, 0.29) is 0 Å². The Balaban J connectivity index is 4.10. The van der Waals surface area contributed by atoms with Gasteiger partial charge in [-0.05, 0) is 45.1 Å². The van der Waals surface area contributed by atoms with Gasteiger partial charge in [-0.1, -0.05) is 47.0 Å².